The lowest BCUT2D eigenvalue weighted by Gasteiger charge is -2.12. The predicted molar refractivity (Wildman–Crippen MR) is 78.6 cm³/mol. The Kier molecular flexibility index (Phi) is 5.12. The van der Waals surface area contributed by atoms with Gasteiger partial charge in [0.15, 0.2) is 0 Å². The highest BCUT2D eigenvalue weighted by Crippen LogP contribution is 2.14. The van der Waals surface area contributed by atoms with Crippen LogP contribution < -0.4 is 10.1 Å². The SMILES string of the molecule is CCNCc1ccc(OCc2cncn2C(C)C)cn1. The zero-order valence-corrected chi connectivity index (χ0v) is 12.3. The van der Waals surface area contributed by atoms with Crippen molar-refractivity contribution in [2.75, 3.05) is 6.54 Å². The number of imidazole rings is 1. The zero-order chi connectivity index (χ0) is 14.4. The van der Waals surface area contributed by atoms with Crippen molar-refractivity contribution < 1.29 is 4.74 Å². The van der Waals surface area contributed by atoms with Gasteiger partial charge in [-0.2, -0.15) is 0 Å². The van der Waals surface area contributed by atoms with Crippen LogP contribution in [-0.2, 0) is 13.2 Å². The normalized spacial score (nSPS) is 11.0. The minimum atomic E-state index is 0.386. The van der Waals surface area contributed by atoms with Gasteiger partial charge >= 0.3 is 0 Å². The van der Waals surface area contributed by atoms with E-state index in [9.17, 15) is 0 Å². The first-order chi connectivity index (χ1) is 9.70. The van der Waals surface area contributed by atoms with Gasteiger partial charge in [-0.25, -0.2) is 4.98 Å². The molecule has 0 spiro atoms. The Labute approximate surface area is 120 Å². The van der Waals surface area contributed by atoms with Gasteiger partial charge in [0.2, 0.25) is 0 Å². The Morgan fingerprint density at radius 2 is 2.15 bits per heavy atom. The number of hydrogen-bond acceptors (Lipinski definition) is 4. The van der Waals surface area contributed by atoms with E-state index in [2.05, 4.69) is 40.6 Å². The van der Waals surface area contributed by atoms with Crippen LogP contribution >= 0.6 is 0 Å². The van der Waals surface area contributed by atoms with Crippen molar-refractivity contribution in [2.45, 2.75) is 40.0 Å². The maximum absolute atomic E-state index is 5.76. The predicted octanol–water partition coefficient (Wildman–Crippen LogP) is 2.55. The Morgan fingerprint density at radius 1 is 1.30 bits per heavy atom. The van der Waals surface area contributed by atoms with E-state index in [0.29, 0.717) is 12.6 Å². The summed E-state index contributed by atoms with van der Waals surface area (Å²) in [6, 6.07) is 4.32. The summed E-state index contributed by atoms with van der Waals surface area (Å²) in [5.41, 5.74) is 2.09. The van der Waals surface area contributed by atoms with Crippen LogP contribution in [0, 0.1) is 0 Å². The highest BCUT2D eigenvalue weighted by atomic mass is 16.5. The molecule has 0 aliphatic heterocycles. The van der Waals surface area contributed by atoms with E-state index in [1.165, 1.54) is 0 Å². The number of rotatable bonds is 7. The number of aromatic nitrogens is 3. The molecule has 0 bridgehead atoms. The number of pyridine rings is 1. The van der Waals surface area contributed by atoms with Crippen LogP contribution in [0.15, 0.2) is 30.9 Å². The maximum atomic E-state index is 5.76. The molecule has 2 rings (SSSR count). The van der Waals surface area contributed by atoms with Gasteiger partial charge in [-0.1, -0.05) is 6.92 Å². The zero-order valence-electron chi connectivity index (χ0n) is 12.3. The molecule has 0 amide bonds. The standard InChI is InChI=1S/C15H22N4O/c1-4-16-7-13-5-6-15(9-18-13)20-10-14-8-17-11-19(14)12(2)3/h5-6,8-9,11-12,16H,4,7,10H2,1-3H3. The Bertz CT molecular complexity index is 519. The molecule has 0 saturated carbocycles. The molecule has 0 fully saturated rings. The highest BCUT2D eigenvalue weighted by Gasteiger charge is 2.06. The third-order valence-electron chi connectivity index (χ3n) is 3.04. The first-order valence-electron chi connectivity index (χ1n) is 7.00. The van der Waals surface area contributed by atoms with Crippen LogP contribution in [0.3, 0.4) is 0 Å². The fraction of sp³-hybridized carbons (Fsp3) is 0.467. The summed E-state index contributed by atoms with van der Waals surface area (Å²) in [7, 11) is 0. The summed E-state index contributed by atoms with van der Waals surface area (Å²) in [6.07, 6.45) is 5.44. The van der Waals surface area contributed by atoms with Crippen molar-refractivity contribution in [1.29, 1.82) is 0 Å². The lowest BCUT2D eigenvalue weighted by atomic mass is 10.3. The van der Waals surface area contributed by atoms with Gasteiger partial charge in [0.25, 0.3) is 0 Å². The number of nitrogens with one attached hydrogen (secondary N) is 1. The van der Waals surface area contributed by atoms with Gasteiger partial charge in [0.1, 0.15) is 12.4 Å². The second-order valence-corrected chi connectivity index (χ2v) is 4.94. The first kappa shape index (κ1) is 14.5. The Morgan fingerprint density at radius 3 is 2.80 bits per heavy atom. The van der Waals surface area contributed by atoms with Crippen LogP contribution in [0.25, 0.3) is 0 Å². The molecular weight excluding hydrogens is 252 g/mol. The van der Waals surface area contributed by atoms with E-state index < -0.39 is 0 Å². The van der Waals surface area contributed by atoms with Gasteiger partial charge in [-0.3, -0.25) is 4.98 Å². The summed E-state index contributed by atoms with van der Waals surface area (Å²) in [6.45, 7) is 8.57. The number of ether oxygens (including phenoxy) is 1. The minimum Gasteiger partial charge on any atom is -0.486 e. The molecule has 2 aromatic heterocycles. The average Bonchev–Trinajstić information content (AvgIpc) is 2.92. The molecular formula is C15H22N4O. The molecule has 0 aromatic carbocycles. The summed E-state index contributed by atoms with van der Waals surface area (Å²) in [4.78, 5) is 8.53. The molecule has 108 valence electrons. The summed E-state index contributed by atoms with van der Waals surface area (Å²) in [5.74, 6) is 0.779. The van der Waals surface area contributed by atoms with Crippen LogP contribution in [0.5, 0.6) is 5.75 Å². The fourth-order valence-electron chi connectivity index (χ4n) is 1.92. The molecule has 2 heterocycles. The summed E-state index contributed by atoms with van der Waals surface area (Å²) in [5, 5.41) is 3.24. The van der Waals surface area contributed by atoms with Gasteiger partial charge in [0.05, 0.1) is 30.1 Å². The van der Waals surface area contributed by atoms with Crippen LogP contribution in [-0.4, -0.2) is 21.1 Å². The number of nitrogens with zero attached hydrogens (tertiary/aromatic N) is 3. The van der Waals surface area contributed by atoms with E-state index >= 15 is 0 Å². The third-order valence-corrected chi connectivity index (χ3v) is 3.04. The molecule has 5 heteroatoms. The summed E-state index contributed by atoms with van der Waals surface area (Å²) < 4.78 is 7.86. The topological polar surface area (TPSA) is 52.0 Å². The largest absolute Gasteiger partial charge is 0.486 e. The first-order valence-corrected chi connectivity index (χ1v) is 7.00. The molecule has 20 heavy (non-hydrogen) atoms. The van der Waals surface area contributed by atoms with E-state index in [0.717, 1.165) is 30.2 Å². The number of hydrogen-bond donors (Lipinski definition) is 1. The average molecular weight is 274 g/mol. The molecule has 0 aliphatic rings. The van der Waals surface area contributed by atoms with Gasteiger partial charge in [-0.05, 0) is 32.5 Å². The molecule has 0 unspecified atom stereocenters. The van der Waals surface area contributed by atoms with Gasteiger partial charge in [0, 0.05) is 12.6 Å². The second-order valence-electron chi connectivity index (χ2n) is 4.94. The van der Waals surface area contributed by atoms with Crippen LogP contribution in [0.4, 0.5) is 0 Å². The van der Waals surface area contributed by atoms with Crippen molar-refractivity contribution >= 4 is 0 Å². The molecule has 0 saturated heterocycles. The third kappa shape index (κ3) is 3.81. The summed E-state index contributed by atoms with van der Waals surface area (Å²) >= 11 is 0. The van der Waals surface area contributed by atoms with Crippen LogP contribution in [0.1, 0.15) is 38.2 Å². The van der Waals surface area contributed by atoms with Crippen molar-refractivity contribution in [3.05, 3.63) is 42.2 Å². The van der Waals surface area contributed by atoms with E-state index in [1.54, 1.807) is 6.20 Å². The van der Waals surface area contributed by atoms with Crippen LogP contribution in [0.2, 0.25) is 0 Å². The molecule has 2 aromatic rings. The molecule has 0 aliphatic carbocycles. The van der Waals surface area contributed by atoms with Gasteiger partial charge in [-0.15, -0.1) is 0 Å². The van der Waals surface area contributed by atoms with Crippen molar-refractivity contribution in [3.8, 4) is 5.75 Å². The highest BCUT2D eigenvalue weighted by molar-refractivity contribution is 5.20. The maximum Gasteiger partial charge on any atom is 0.138 e. The molecule has 5 nitrogen and oxygen atoms in total. The van der Waals surface area contributed by atoms with Crippen molar-refractivity contribution in [3.63, 3.8) is 0 Å². The van der Waals surface area contributed by atoms with Gasteiger partial charge < -0.3 is 14.6 Å². The Hall–Kier alpha value is -1.88. The smallest absolute Gasteiger partial charge is 0.138 e. The van der Waals surface area contributed by atoms with E-state index in [1.807, 2.05) is 24.7 Å². The quantitative estimate of drug-likeness (QED) is 0.843. The molecule has 1 N–H and O–H groups in total. The van der Waals surface area contributed by atoms with Crippen molar-refractivity contribution in [2.24, 2.45) is 0 Å². The minimum absolute atomic E-state index is 0.386. The lowest BCUT2D eigenvalue weighted by molar-refractivity contribution is 0.291. The lowest BCUT2D eigenvalue weighted by Crippen LogP contribution is -2.12. The Balaban J connectivity index is 1.92. The second kappa shape index (κ2) is 7.05. The molecule has 0 atom stereocenters. The fourth-order valence-corrected chi connectivity index (χ4v) is 1.92. The van der Waals surface area contributed by atoms with Crippen molar-refractivity contribution in [1.82, 2.24) is 19.9 Å². The molecule has 0 radical (unpaired) electrons. The monoisotopic (exact) mass is 274 g/mol. The van der Waals surface area contributed by atoms with E-state index in [4.69, 9.17) is 4.74 Å². The van der Waals surface area contributed by atoms with E-state index in [-0.39, 0.29) is 0 Å².